The number of ether oxygens (including phenoxy) is 1. The van der Waals surface area contributed by atoms with Gasteiger partial charge in [0.25, 0.3) is 0 Å². The number of hydrogen-bond donors (Lipinski definition) is 2. The zero-order valence-corrected chi connectivity index (χ0v) is 13.7. The average molecular weight is 319 g/mol. The maximum Gasteiger partial charge on any atom is 0.306 e. The van der Waals surface area contributed by atoms with Gasteiger partial charge in [-0.05, 0) is 42.9 Å². The molecular weight excluding hydrogens is 294 g/mol. The smallest absolute Gasteiger partial charge is 0.306 e. The van der Waals surface area contributed by atoms with Crippen molar-refractivity contribution in [1.82, 2.24) is 0 Å². The van der Waals surface area contributed by atoms with Crippen LogP contribution < -0.4 is 5.32 Å². The molecule has 126 valence electrons. The maximum absolute atomic E-state index is 12.3. The van der Waals surface area contributed by atoms with Crippen molar-refractivity contribution in [1.29, 1.82) is 0 Å². The third-order valence-electron chi connectivity index (χ3n) is 4.57. The highest BCUT2D eigenvalue weighted by Crippen LogP contribution is 2.25. The molecule has 1 amide bonds. The maximum atomic E-state index is 12.3. The topological polar surface area (TPSA) is 75.6 Å². The largest absolute Gasteiger partial charge is 0.481 e. The van der Waals surface area contributed by atoms with Gasteiger partial charge in [-0.3, -0.25) is 9.59 Å². The van der Waals surface area contributed by atoms with Crippen molar-refractivity contribution in [2.75, 3.05) is 18.5 Å². The number of rotatable bonds is 6. The standard InChI is InChI=1S/C18H25NO4/c1-12(18(21)22)11-14-3-5-16(6-4-14)19-17(20)13(2)15-7-9-23-10-8-15/h3-6,12-13,15H,7-11H2,1-2H3,(H,19,20)(H,21,22)/t12-,13+/m0/s1. The fourth-order valence-electron chi connectivity index (χ4n) is 2.85. The Morgan fingerprint density at radius 1 is 1.22 bits per heavy atom. The van der Waals surface area contributed by atoms with Crippen LogP contribution in [0, 0.1) is 17.8 Å². The van der Waals surface area contributed by atoms with Gasteiger partial charge in [-0.2, -0.15) is 0 Å². The summed E-state index contributed by atoms with van der Waals surface area (Å²) < 4.78 is 5.34. The van der Waals surface area contributed by atoms with E-state index in [1.54, 1.807) is 6.92 Å². The molecule has 5 heteroatoms. The highest BCUT2D eigenvalue weighted by Gasteiger charge is 2.25. The number of hydrogen-bond acceptors (Lipinski definition) is 3. The van der Waals surface area contributed by atoms with Crippen LogP contribution in [0.15, 0.2) is 24.3 Å². The predicted octanol–water partition coefficient (Wildman–Crippen LogP) is 2.95. The van der Waals surface area contributed by atoms with Crippen molar-refractivity contribution in [2.45, 2.75) is 33.1 Å². The number of carbonyl (C=O) groups is 2. The number of amides is 1. The zero-order chi connectivity index (χ0) is 16.8. The van der Waals surface area contributed by atoms with E-state index in [4.69, 9.17) is 9.84 Å². The van der Waals surface area contributed by atoms with E-state index in [0.29, 0.717) is 12.3 Å². The Bertz CT molecular complexity index is 534. The van der Waals surface area contributed by atoms with Crippen LogP contribution in [0.25, 0.3) is 0 Å². The fourth-order valence-corrected chi connectivity index (χ4v) is 2.85. The van der Waals surface area contributed by atoms with Crippen molar-refractivity contribution >= 4 is 17.6 Å². The first kappa shape index (κ1) is 17.5. The second kappa shape index (κ2) is 8.11. The minimum absolute atomic E-state index is 0.0311. The number of carbonyl (C=O) groups excluding carboxylic acids is 1. The second-order valence-electron chi connectivity index (χ2n) is 6.37. The molecule has 0 spiro atoms. The SMILES string of the molecule is C[C@@H](Cc1ccc(NC(=O)[C@H](C)C2CCOCC2)cc1)C(=O)O. The molecular formula is C18H25NO4. The van der Waals surface area contributed by atoms with Gasteiger partial charge in [0.2, 0.25) is 5.91 Å². The van der Waals surface area contributed by atoms with Gasteiger partial charge in [0.1, 0.15) is 0 Å². The Kier molecular flexibility index (Phi) is 6.16. The van der Waals surface area contributed by atoms with E-state index in [0.717, 1.165) is 37.3 Å². The first-order chi connectivity index (χ1) is 11.0. The molecule has 1 fully saturated rings. The Hall–Kier alpha value is -1.88. The lowest BCUT2D eigenvalue weighted by Gasteiger charge is -2.27. The quantitative estimate of drug-likeness (QED) is 0.845. The molecule has 1 aromatic carbocycles. The van der Waals surface area contributed by atoms with E-state index in [2.05, 4.69) is 5.32 Å². The summed E-state index contributed by atoms with van der Waals surface area (Å²) in [6.45, 7) is 5.12. The van der Waals surface area contributed by atoms with Crippen LogP contribution in [0.2, 0.25) is 0 Å². The molecule has 1 aliphatic heterocycles. The molecule has 0 bridgehead atoms. The van der Waals surface area contributed by atoms with E-state index in [1.807, 2.05) is 31.2 Å². The molecule has 0 unspecified atom stereocenters. The molecule has 1 aromatic rings. The Labute approximate surface area is 137 Å². The Balaban J connectivity index is 1.89. The third-order valence-corrected chi connectivity index (χ3v) is 4.57. The van der Waals surface area contributed by atoms with Crippen LogP contribution in [-0.2, 0) is 20.7 Å². The lowest BCUT2D eigenvalue weighted by atomic mass is 9.86. The first-order valence-electron chi connectivity index (χ1n) is 8.17. The van der Waals surface area contributed by atoms with Crippen LogP contribution >= 0.6 is 0 Å². The van der Waals surface area contributed by atoms with Gasteiger partial charge in [-0.15, -0.1) is 0 Å². The summed E-state index contributed by atoms with van der Waals surface area (Å²) in [7, 11) is 0. The third kappa shape index (κ3) is 5.06. The van der Waals surface area contributed by atoms with E-state index >= 15 is 0 Å². The molecule has 2 atom stereocenters. The van der Waals surface area contributed by atoms with Crippen LogP contribution in [0.4, 0.5) is 5.69 Å². The summed E-state index contributed by atoms with van der Waals surface area (Å²) in [5.41, 5.74) is 1.70. The van der Waals surface area contributed by atoms with Gasteiger partial charge in [0.15, 0.2) is 0 Å². The predicted molar refractivity (Wildman–Crippen MR) is 88.3 cm³/mol. The van der Waals surface area contributed by atoms with E-state index < -0.39 is 11.9 Å². The fraction of sp³-hybridized carbons (Fsp3) is 0.556. The van der Waals surface area contributed by atoms with Crippen molar-refractivity contribution < 1.29 is 19.4 Å². The molecule has 23 heavy (non-hydrogen) atoms. The summed E-state index contributed by atoms with van der Waals surface area (Å²) in [6, 6.07) is 7.40. The molecule has 1 aliphatic rings. The van der Waals surface area contributed by atoms with Crippen LogP contribution in [0.1, 0.15) is 32.3 Å². The lowest BCUT2D eigenvalue weighted by Crippen LogP contribution is -2.30. The number of nitrogens with one attached hydrogen (secondary N) is 1. The number of benzene rings is 1. The molecule has 5 nitrogen and oxygen atoms in total. The first-order valence-corrected chi connectivity index (χ1v) is 8.17. The monoisotopic (exact) mass is 319 g/mol. The van der Waals surface area contributed by atoms with Crippen molar-refractivity contribution in [3.63, 3.8) is 0 Å². The highest BCUT2D eigenvalue weighted by molar-refractivity contribution is 5.92. The Morgan fingerprint density at radius 2 is 1.83 bits per heavy atom. The van der Waals surface area contributed by atoms with Crippen molar-refractivity contribution in [2.24, 2.45) is 17.8 Å². The van der Waals surface area contributed by atoms with Gasteiger partial charge in [0, 0.05) is 24.8 Å². The number of carboxylic acid groups (broad SMARTS) is 1. The van der Waals surface area contributed by atoms with Crippen LogP contribution in [-0.4, -0.2) is 30.2 Å². The number of aliphatic carboxylic acids is 1. The molecule has 0 aliphatic carbocycles. The van der Waals surface area contributed by atoms with Crippen molar-refractivity contribution in [3.05, 3.63) is 29.8 Å². The minimum Gasteiger partial charge on any atom is -0.481 e. The lowest BCUT2D eigenvalue weighted by molar-refractivity contribution is -0.141. The second-order valence-corrected chi connectivity index (χ2v) is 6.37. The zero-order valence-electron chi connectivity index (χ0n) is 13.7. The Morgan fingerprint density at radius 3 is 2.39 bits per heavy atom. The molecule has 0 radical (unpaired) electrons. The number of carboxylic acids is 1. The molecule has 2 N–H and O–H groups in total. The van der Waals surface area contributed by atoms with Gasteiger partial charge in [-0.25, -0.2) is 0 Å². The summed E-state index contributed by atoms with van der Waals surface area (Å²) in [6.07, 6.45) is 2.35. The van der Waals surface area contributed by atoms with E-state index in [-0.39, 0.29) is 11.8 Å². The molecule has 0 aromatic heterocycles. The number of anilines is 1. The molecule has 2 rings (SSSR count). The minimum atomic E-state index is -0.798. The van der Waals surface area contributed by atoms with Gasteiger partial charge in [-0.1, -0.05) is 26.0 Å². The normalized spacial score (nSPS) is 18.2. The summed E-state index contributed by atoms with van der Waals surface area (Å²) in [4.78, 5) is 23.2. The molecule has 1 heterocycles. The van der Waals surface area contributed by atoms with Crippen LogP contribution in [0.5, 0.6) is 0 Å². The van der Waals surface area contributed by atoms with E-state index in [9.17, 15) is 9.59 Å². The molecule has 1 saturated heterocycles. The summed E-state index contributed by atoms with van der Waals surface area (Å²) >= 11 is 0. The van der Waals surface area contributed by atoms with Gasteiger partial charge in [0.05, 0.1) is 5.92 Å². The van der Waals surface area contributed by atoms with Gasteiger partial charge >= 0.3 is 5.97 Å². The van der Waals surface area contributed by atoms with Crippen LogP contribution in [0.3, 0.4) is 0 Å². The molecule has 0 saturated carbocycles. The summed E-state index contributed by atoms with van der Waals surface area (Å²) in [5, 5.41) is 11.9. The van der Waals surface area contributed by atoms with E-state index in [1.165, 1.54) is 0 Å². The summed E-state index contributed by atoms with van der Waals surface area (Å²) in [5.74, 6) is -0.842. The highest BCUT2D eigenvalue weighted by atomic mass is 16.5. The average Bonchev–Trinajstić information content (AvgIpc) is 2.56. The van der Waals surface area contributed by atoms with Gasteiger partial charge < -0.3 is 15.2 Å². The van der Waals surface area contributed by atoms with Crippen molar-refractivity contribution in [3.8, 4) is 0 Å².